The highest BCUT2D eigenvalue weighted by atomic mass is 16.5. The van der Waals surface area contributed by atoms with Crippen molar-refractivity contribution in [3.63, 3.8) is 0 Å². The van der Waals surface area contributed by atoms with Crippen LogP contribution in [0.5, 0.6) is 5.75 Å². The number of hydrogen-bond acceptors (Lipinski definition) is 6. The molecule has 0 spiro atoms. The number of pyridine rings is 1. The van der Waals surface area contributed by atoms with Crippen molar-refractivity contribution in [3.8, 4) is 5.75 Å². The first-order valence-corrected chi connectivity index (χ1v) is 8.73. The third-order valence-electron chi connectivity index (χ3n) is 3.98. The summed E-state index contributed by atoms with van der Waals surface area (Å²) in [4.78, 5) is 16.5. The fourth-order valence-corrected chi connectivity index (χ4v) is 2.64. The number of hydrogen-bond donors (Lipinski definition) is 1. The molecule has 0 unspecified atom stereocenters. The Bertz CT molecular complexity index is 914. The number of ether oxygens (including phenoxy) is 1. The largest absolute Gasteiger partial charge is 0.484 e. The highest BCUT2D eigenvalue weighted by Crippen LogP contribution is 2.12. The fraction of sp³-hybridized carbons (Fsp3) is 0.368. The summed E-state index contributed by atoms with van der Waals surface area (Å²) in [5, 5.41) is 11.1. The van der Waals surface area contributed by atoms with E-state index in [4.69, 9.17) is 9.26 Å². The topological polar surface area (TPSA) is 95.1 Å². The van der Waals surface area contributed by atoms with E-state index in [1.807, 2.05) is 50.6 Å². The first kappa shape index (κ1) is 18.6. The molecule has 1 amide bonds. The number of rotatable bonds is 7. The van der Waals surface area contributed by atoms with Crippen molar-refractivity contribution in [1.29, 1.82) is 0 Å². The van der Waals surface area contributed by atoms with Gasteiger partial charge in [-0.05, 0) is 45.9 Å². The summed E-state index contributed by atoms with van der Waals surface area (Å²) in [6, 6.07) is 7.16. The molecular weight excluding hydrogens is 346 g/mol. The van der Waals surface area contributed by atoms with Gasteiger partial charge < -0.3 is 14.6 Å². The maximum absolute atomic E-state index is 12.3. The summed E-state index contributed by atoms with van der Waals surface area (Å²) in [6.07, 6.45) is 1.64. The third-order valence-corrected chi connectivity index (χ3v) is 3.98. The van der Waals surface area contributed by atoms with Gasteiger partial charge in [-0.25, -0.2) is 0 Å². The van der Waals surface area contributed by atoms with Crippen LogP contribution >= 0.6 is 0 Å². The number of carbonyl (C=O) groups is 1. The molecule has 1 N–H and O–H groups in total. The summed E-state index contributed by atoms with van der Waals surface area (Å²) >= 11 is 0. The van der Waals surface area contributed by atoms with Crippen LogP contribution in [-0.4, -0.2) is 31.9 Å². The second kappa shape index (κ2) is 8.03. The summed E-state index contributed by atoms with van der Waals surface area (Å²) in [5.41, 5.74) is 3.14. The van der Waals surface area contributed by atoms with Crippen LogP contribution in [-0.2, 0) is 13.2 Å². The minimum absolute atomic E-state index is 0.106. The van der Waals surface area contributed by atoms with E-state index in [1.165, 1.54) is 0 Å². The van der Waals surface area contributed by atoms with Crippen LogP contribution in [0.2, 0.25) is 0 Å². The van der Waals surface area contributed by atoms with E-state index in [9.17, 15) is 4.79 Å². The average Bonchev–Trinajstić information content (AvgIpc) is 3.21. The Morgan fingerprint density at radius 2 is 2.07 bits per heavy atom. The predicted octanol–water partition coefficient (Wildman–Crippen LogP) is 2.59. The Morgan fingerprint density at radius 1 is 1.26 bits per heavy atom. The lowest BCUT2D eigenvalue weighted by Crippen LogP contribution is -2.36. The molecule has 0 fully saturated rings. The molecule has 0 radical (unpaired) electrons. The van der Waals surface area contributed by atoms with E-state index < -0.39 is 0 Å². The zero-order valence-electron chi connectivity index (χ0n) is 15.9. The lowest BCUT2D eigenvalue weighted by Gasteiger charge is -2.14. The van der Waals surface area contributed by atoms with Crippen LogP contribution in [0.1, 0.15) is 40.3 Å². The summed E-state index contributed by atoms with van der Waals surface area (Å²) in [7, 11) is 0. The van der Waals surface area contributed by atoms with Crippen LogP contribution in [0, 0.1) is 20.8 Å². The molecule has 0 aliphatic carbocycles. The molecule has 142 valence electrons. The first-order valence-electron chi connectivity index (χ1n) is 8.73. The Balaban J connectivity index is 1.53. The minimum Gasteiger partial charge on any atom is -0.484 e. The maximum Gasteiger partial charge on any atom is 0.273 e. The van der Waals surface area contributed by atoms with Gasteiger partial charge in [0.05, 0.1) is 18.4 Å². The van der Waals surface area contributed by atoms with Gasteiger partial charge in [0.25, 0.3) is 5.91 Å². The van der Waals surface area contributed by atoms with Gasteiger partial charge in [-0.1, -0.05) is 5.16 Å². The van der Waals surface area contributed by atoms with Crippen LogP contribution in [0.4, 0.5) is 0 Å². The molecule has 0 aliphatic rings. The molecule has 0 aliphatic heterocycles. The van der Waals surface area contributed by atoms with E-state index in [2.05, 4.69) is 20.6 Å². The normalized spacial score (nSPS) is 12.0. The number of aromatic nitrogens is 4. The number of aryl methyl sites for hydroxylation is 3. The molecule has 3 heterocycles. The lowest BCUT2D eigenvalue weighted by atomic mass is 10.3. The van der Waals surface area contributed by atoms with Gasteiger partial charge >= 0.3 is 0 Å². The van der Waals surface area contributed by atoms with E-state index in [0.717, 1.165) is 17.1 Å². The van der Waals surface area contributed by atoms with Crippen molar-refractivity contribution >= 4 is 5.91 Å². The number of amides is 1. The maximum atomic E-state index is 12.3. The van der Waals surface area contributed by atoms with Crippen molar-refractivity contribution in [1.82, 2.24) is 25.2 Å². The van der Waals surface area contributed by atoms with Crippen molar-refractivity contribution in [2.75, 3.05) is 0 Å². The van der Waals surface area contributed by atoms with Crippen molar-refractivity contribution in [3.05, 3.63) is 59.0 Å². The second-order valence-electron chi connectivity index (χ2n) is 6.59. The Labute approximate surface area is 157 Å². The van der Waals surface area contributed by atoms with E-state index in [0.29, 0.717) is 18.1 Å². The molecule has 8 heteroatoms. The highest BCUT2D eigenvalue weighted by Gasteiger charge is 2.16. The summed E-state index contributed by atoms with van der Waals surface area (Å²) < 4.78 is 12.6. The molecule has 8 nitrogen and oxygen atoms in total. The van der Waals surface area contributed by atoms with Crippen LogP contribution in [0.15, 0.2) is 35.0 Å². The van der Waals surface area contributed by atoms with Crippen LogP contribution in [0.25, 0.3) is 0 Å². The van der Waals surface area contributed by atoms with Gasteiger partial charge in [-0.2, -0.15) is 5.10 Å². The fourth-order valence-electron chi connectivity index (χ4n) is 2.64. The van der Waals surface area contributed by atoms with Gasteiger partial charge in [0, 0.05) is 23.5 Å². The molecule has 3 aromatic rings. The Hall–Kier alpha value is -3.16. The monoisotopic (exact) mass is 369 g/mol. The van der Waals surface area contributed by atoms with Gasteiger partial charge in [-0.15, -0.1) is 0 Å². The average molecular weight is 369 g/mol. The molecule has 1 atom stereocenters. The zero-order chi connectivity index (χ0) is 19.4. The Kier molecular flexibility index (Phi) is 5.54. The predicted molar refractivity (Wildman–Crippen MR) is 98.4 cm³/mol. The minimum atomic E-state index is -0.295. The van der Waals surface area contributed by atoms with Crippen molar-refractivity contribution < 1.29 is 14.1 Å². The quantitative estimate of drug-likeness (QED) is 0.688. The molecule has 27 heavy (non-hydrogen) atoms. The third kappa shape index (κ3) is 4.93. The van der Waals surface area contributed by atoms with Crippen molar-refractivity contribution in [2.45, 2.75) is 46.9 Å². The molecule has 0 aromatic carbocycles. The highest BCUT2D eigenvalue weighted by molar-refractivity contribution is 5.92. The van der Waals surface area contributed by atoms with Gasteiger partial charge in [-0.3, -0.25) is 14.5 Å². The second-order valence-corrected chi connectivity index (χ2v) is 6.59. The van der Waals surface area contributed by atoms with E-state index >= 15 is 0 Å². The Morgan fingerprint density at radius 3 is 2.74 bits per heavy atom. The van der Waals surface area contributed by atoms with Gasteiger partial charge in [0.1, 0.15) is 12.4 Å². The summed E-state index contributed by atoms with van der Waals surface area (Å²) in [6.45, 7) is 8.51. The smallest absolute Gasteiger partial charge is 0.273 e. The molecule has 0 bridgehead atoms. The molecular formula is C19H23N5O3. The van der Waals surface area contributed by atoms with E-state index in [1.54, 1.807) is 12.3 Å². The molecule has 3 aromatic heterocycles. The van der Waals surface area contributed by atoms with Gasteiger partial charge in [0.15, 0.2) is 11.5 Å². The van der Waals surface area contributed by atoms with Crippen molar-refractivity contribution in [2.24, 2.45) is 0 Å². The number of nitrogens with zero attached hydrogens (tertiary/aromatic N) is 4. The summed E-state index contributed by atoms with van der Waals surface area (Å²) in [5.74, 6) is 0.796. The standard InChI is InChI=1S/C19H23N5O3/c1-12-5-6-16(9-20-12)26-11-17-8-18(23-27-17)19(25)21-14(3)10-24-15(4)7-13(2)22-24/h5-9,14H,10-11H2,1-4H3,(H,21,25)/t14-/m0/s1. The first-order chi connectivity index (χ1) is 12.9. The molecule has 0 saturated carbocycles. The van der Waals surface area contributed by atoms with Crippen LogP contribution in [0.3, 0.4) is 0 Å². The SMILES string of the molecule is Cc1ccc(OCc2cc(C(=O)N[C@@H](C)Cn3nc(C)cc3C)no2)cn1. The zero-order valence-corrected chi connectivity index (χ0v) is 15.9. The van der Waals surface area contributed by atoms with E-state index in [-0.39, 0.29) is 24.2 Å². The molecule has 0 saturated heterocycles. The number of nitrogens with one attached hydrogen (secondary N) is 1. The van der Waals surface area contributed by atoms with Gasteiger partial charge in [0.2, 0.25) is 0 Å². The van der Waals surface area contributed by atoms with Crippen LogP contribution < -0.4 is 10.1 Å². The number of carbonyl (C=O) groups excluding carboxylic acids is 1. The molecule has 3 rings (SSSR count). The lowest BCUT2D eigenvalue weighted by molar-refractivity contribution is 0.0926.